The van der Waals surface area contributed by atoms with Crippen LogP contribution in [0.5, 0.6) is 0 Å². The van der Waals surface area contributed by atoms with Gasteiger partial charge in [-0.1, -0.05) is 80.0 Å². The molecular weight excluding hydrogens is 674 g/mol. The molecule has 0 spiro atoms. The van der Waals surface area contributed by atoms with Gasteiger partial charge in [0.15, 0.2) is 5.82 Å². The molecule has 1 aliphatic rings. The third-order valence-corrected chi connectivity index (χ3v) is 10.9. The van der Waals surface area contributed by atoms with E-state index in [0.717, 1.165) is 42.4 Å². The Hall–Kier alpha value is -4.71. The molecule has 2 N–H and O–H groups in total. The quantitative estimate of drug-likeness (QED) is 0.165. The normalized spacial score (nSPS) is 14.4. The molecule has 260 valence electrons. The number of halogens is 1. The molecule has 0 radical (unpaired) electrons. The molecule has 0 bridgehead atoms. The van der Waals surface area contributed by atoms with Crippen molar-refractivity contribution in [3.05, 3.63) is 118 Å². The smallest absolute Gasteiger partial charge is 0.265 e. The highest BCUT2D eigenvalue weighted by molar-refractivity contribution is 7.90. The van der Waals surface area contributed by atoms with E-state index in [9.17, 15) is 23.1 Å². The molecule has 2 heterocycles. The molecule has 2 amide bonds. The van der Waals surface area contributed by atoms with Gasteiger partial charge in [-0.15, -0.1) is 5.10 Å². The Balaban J connectivity index is 1.42. The number of hydrogen-bond donors (Lipinski definition) is 2. The van der Waals surface area contributed by atoms with Gasteiger partial charge in [0, 0.05) is 25.2 Å². The van der Waals surface area contributed by atoms with E-state index in [1.54, 1.807) is 27.8 Å². The number of aromatic nitrogens is 2. The highest BCUT2D eigenvalue weighted by Crippen LogP contribution is 2.33. The van der Waals surface area contributed by atoms with Gasteiger partial charge in [-0.2, -0.15) is 0 Å². The van der Waals surface area contributed by atoms with E-state index >= 15 is 0 Å². The number of fused-ring (bicyclic) bond motifs is 2. The number of nitrogens with one attached hydrogen (secondary N) is 1. The van der Waals surface area contributed by atoms with Crippen LogP contribution in [0.3, 0.4) is 0 Å². The fourth-order valence-corrected chi connectivity index (χ4v) is 7.77. The maximum Gasteiger partial charge on any atom is 0.265 e. The number of amides is 2. The van der Waals surface area contributed by atoms with Crippen molar-refractivity contribution in [3.63, 3.8) is 0 Å². The fourth-order valence-electron chi connectivity index (χ4n) is 6.52. The van der Waals surface area contributed by atoms with Crippen LogP contribution in [0.4, 0.5) is 5.82 Å². The molecular formula is C38H40ClN5O5S. The summed E-state index contributed by atoms with van der Waals surface area (Å²) in [6.45, 7) is 7.44. The Labute approximate surface area is 297 Å². The second-order valence-corrected chi connectivity index (χ2v) is 14.6. The Kier molecular flexibility index (Phi) is 10.3. The number of anilines is 1. The molecule has 10 nitrogen and oxygen atoms in total. The molecule has 1 unspecified atom stereocenters. The molecule has 5 aromatic rings. The summed E-state index contributed by atoms with van der Waals surface area (Å²) in [4.78, 5) is 31.9. The average Bonchev–Trinajstić information content (AvgIpc) is 3.42. The van der Waals surface area contributed by atoms with E-state index in [1.807, 2.05) is 49.4 Å². The zero-order valence-corrected chi connectivity index (χ0v) is 29.8. The summed E-state index contributed by atoms with van der Waals surface area (Å²) in [6, 6.07) is 23.7. The standard InChI is InChI=1S/C38H40ClN5O5S/c1-4-18-42(19-5-2)36-35(39)25(3)44(40-36)34-17-15-29(37(46)41-50(48,49)32-16-14-26-10-6-7-12-28(26)21-32)22-33(34)38(47)43-23-30-13-9-8-11-27(30)20-31(43)24-45/h6-17,21-22,31,45H,4-5,18-20,23-24H2,1-3H3,(H,41,46). The molecule has 6 rings (SSSR count). The van der Waals surface area contributed by atoms with Crippen LogP contribution in [0, 0.1) is 6.92 Å². The average molecular weight is 714 g/mol. The summed E-state index contributed by atoms with van der Waals surface area (Å²) in [6.07, 6.45) is 2.23. The van der Waals surface area contributed by atoms with Gasteiger partial charge < -0.3 is 14.9 Å². The van der Waals surface area contributed by atoms with E-state index in [4.69, 9.17) is 16.7 Å². The van der Waals surface area contributed by atoms with Crippen LogP contribution >= 0.6 is 11.6 Å². The van der Waals surface area contributed by atoms with Gasteiger partial charge in [-0.25, -0.2) is 17.8 Å². The number of nitrogens with zero attached hydrogens (tertiary/aromatic N) is 4. The molecule has 0 aliphatic carbocycles. The van der Waals surface area contributed by atoms with Crippen molar-refractivity contribution < 1.29 is 23.1 Å². The van der Waals surface area contributed by atoms with Gasteiger partial charge in [0.05, 0.1) is 34.5 Å². The van der Waals surface area contributed by atoms with Crippen LogP contribution in [-0.4, -0.2) is 65.8 Å². The Morgan fingerprint density at radius 2 is 1.62 bits per heavy atom. The summed E-state index contributed by atoms with van der Waals surface area (Å²) >= 11 is 6.88. The van der Waals surface area contributed by atoms with Crippen LogP contribution in [-0.2, 0) is 23.0 Å². The molecule has 0 saturated heterocycles. The molecule has 4 aromatic carbocycles. The summed E-state index contributed by atoms with van der Waals surface area (Å²) < 4.78 is 30.6. The minimum Gasteiger partial charge on any atom is -0.394 e. The van der Waals surface area contributed by atoms with Crippen LogP contribution in [0.1, 0.15) is 64.2 Å². The maximum atomic E-state index is 14.6. The number of carbonyl (C=O) groups excluding carboxylic acids is 2. The largest absolute Gasteiger partial charge is 0.394 e. The molecule has 1 aromatic heterocycles. The number of carbonyl (C=O) groups is 2. The second-order valence-electron chi connectivity index (χ2n) is 12.5. The van der Waals surface area contributed by atoms with Crippen LogP contribution in [0.2, 0.25) is 5.02 Å². The monoisotopic (exact) mass is 713 g/mol. The van der Waals surface area contributed by atoms with Crippen molar-refractivity contribution in [2.24, 2.45) is 0 Å². The highest BCUT2D eigenvalue weighted by Gasteiger charge is 2.33. The molecule has 1 aliphatic heterocycles. The van der Waals surface area contributed by atoms with E-state index in [-0.39, 0.29) is 29.2 Å². The summed E-state index contributed by atoms with van der Waals surface area (Å²) in [5.41, 5.74) is 3.07. The fraction of sp³-hybridized carbons (Fsp3) is 0.289. The molecule has 0 fully saturated rings. The van der Waals surface area contributed by atoms with Gasteiger partial charge in [0.2, 0.25) is 0 Å². The first-order chi connectivity index (χ1) is 24.1. The van der Waals surface area contributed by atoms with Crippen molar-refractivity contribution in [3.8, 4) is 5.69 Å². The number of aliphatic hydroxyl groups excluding tert-OH is 1. The maximum absolute atomic E-state index is 14.6. The summed E-state index contributed by atoms with van der Waals surface area (Å²) in [5, 5.41) is 17.3. The van der Waals surface area contributed by atoms with Crippen molar-refractivity contribution in [2.45, 2.75) is 57.5 Å². The number of rotatable bonds is 11. The third kappa shape index (κ3) is 6.85. The van der Waals surface area contributed by atoms with Crippen LogP contribution in [0.15, 0.2) is 89.8 Å². The molecule has 0 saturated carbocycles. The Bertz CT molecular complexity index is 2180. The van der Waals surface area contributed by atoms with Crippen molar-refractivity contribution in [2.75, 3.05) is 24.6 Å². The van der Waals surface area contributed by atoms with E-state index in [0.29, 0.717) is 34.0 Å². The molecule has 1 atom stereocenters. The minimum absolute atomic E-state index is 0.0332. The zero-order chi connectivity index (χ0) is 35.6. The van der Waals surface area contributed by atoms with Crippen LogP contribution in [0.25, 0.3) is 16.5 Å². The molecule has 50 heavy (non-hydrogen) atoms. The number of benzene rings is 4. The highest BCUT2D eigenvalue weighted by atomic mass is 35.5. The van der Waals surface area contributed by atoms with Gasteiger partial charge in [-0.3, -0.25) is 9.59 Å². The van der Waals surface area contributed by atoms with Crippen molar-refractivity contribution >= 4 is 50.0 Å². The second kappa shape index (κ2) is 14.6. The Morgan fingerprint density at radius 1 is 0.940 bits per heavy atom. The van der Waals surface area contributed by atoms with Crippen LogP contribution < -0.4 is 9.62 Å². The Morgan fingerprint density at radius 3 is 2.32 bits per heavy atom. The summed E-state index contributed by atoms with van der Waals surface area (Å²) in [7, 11) is -4.26. The topological polar surface area (TPSA) is 125 Å². The lowest BCUT2D eigenvalue weighted by Gasteiger charge is -2.36. The lowest BCUT2D eigenvalue weighted by molar-refractivity contribution is 0.0544. The number of hydrogen-bond acceptors (Lipinski definition) is 7. The zero-order valence-electron chi connectivity index (χ0n) is 28.3. The SMILES string of the molecule is CCCN(CCC)c1nn(-c2ccc(C(=O)NS(=O)(=O)c3ccc4ccccc4c3)cc2C(=O)N2Cc3ccccc3CC2CO)c(C)c1Cl. The molecule has 12 heteroatoms. The predicted octanol–water partition coefficient (Wildman–Crippen LogP) is 6.29. The summed E-state index contributed by atoms with van der Waals surface area (Å²) in [5.74, 6) is -0.740. The first kappa shape index (κ1) is 35.1. The minimum atomic E-state index is -4.26. The number of sulfonamides is 1. The third-order valence-electron chi connectivity index (χ3n) is 9.12. The van der Waals surface area contributed by atoms with Gasteiger partial charge in [0.25, 0.3) is 21.8 Å². The lowest BCUT2D eigenvalue weighted by atomic mass is 9.93. The first-order valence-electron chi connectivity index (χ1n) is 16.7. The predicted molar refractivity (Wildman–Crippen MR) is 196 cm³/mol. The van der Waals surface area contributed by atoms with Gasteiger partial charge in [0.1, 0.15) is 5.02 Å². The van der Waals surface area contributed by atoms with E-state index < -0.39 is 27.9 Å². The first-order valence-corrected chi connectivity index (χ1v) is 18.6. The van der Waals surface area contributed by atoms with E-state index in [1.165, 1.54) is 24.3 Å². The van der Waals surface area contributed by atoms with Crippen molar-refractivity contribution in [1.29, 1.82) is 0 Å². The van der Waals surface area contributed by atoms with Gasteiger partial charge in [-0.05, 0) is 78.4 Å². The number of aliphatic hydroxyl groups is 1. The lowest BCUT2D eigenvalue weighted by Crippen LogP contribution is -2.46. The van der Waals surface area contributed by atoms with Gasteiger partial charge >= 0.3 is 0 Å². The van der Waals surface area contributed by atoms with Crippen molar-refractivity contribution in [1.82, 2.24) is 19.4 Å². The van der Waals surface area contributed by atoms with E-state index in [2.05, 4.69) is 23.5 Å².